The number of hydrogen-bond donors (Lipinski definition) is 1. The number of carboxylic acid groups (broad SMARTS) is 1. The largest absolute Gasteiger partial charge is 0.477 e. The van der Waals surface area contributed by atoms with E-state index >= 15 is 0 Å². The topological polar surface area (TPSA) is 50.2 Å². The fourth-order valence-corrected chi connectivity index (χ4v) is 3.98. The van der Waals surface area contributed by atoms with Crippen LogP contribution in [0.1, 0.15) is 9.67 Å². The van der Waals surface area contributed by atoms with Crippen LogP contribution in [0.4, 0.5) is 0 Å². The number of aromatic carboxylic acids is 1. The quantitative estimate of drug-likeness (QED) is 0.831. The van der Waals surface area contributed by atoms with Crippen LogP contribution in [-0.4, -0.2) is 16.1 Å². The van der Waals surface area contributed by atoms with Crippen molar-refractivity contribution in [1.82, 2.24) is 4.98 Å². The van der Waals surface area contributed by atoms with E-state index in [2.05, 4.69) is 36.8 Å². The molecule has 1 N–H and O–H groups in total. The maximum Gasteiger partial charge on any atom is 0.345 e. The number of hydrogen-bond acceptors (Lipinski definition) is 4. The van der Waals surface area contributed by atoms with Gasteiger partial charge in [-0.25, -0.2) is 9.78 Å². The van der Waals surface area contributed by atoms with Crippen LogP contribution in [-0.2, 0) is 0 Å². The number of halogens is 2. The molecule has 17 heavy (non-hydrogen) atoms. The lowest BCUT2D eigenvalue weighted by Crippen LogP contribution is -1.89. The van der Waals surface area contributed by atoms with E-state index in [-0.39, 0.29) is 0 Å². The highest BCUT2D eigenvalue weighted by Crippen LogP contribution is 2.35. The van der Waals surface area contributed by atoms with Gasteiger partial charge in [-0.3, -0.25) is 0 Å². The molecule has 0 amide bonds. The van der Waals surface area contributed by atoms with Gasteiger partial charge in [-0.05, 0) is 44.0 Å². The Balaban J connectivity index is 2.22. The van der Waals surface area contributed by atoms with Gasteiger partial charge in [0.1, 0.15) is 9.90 Å². The number of aromatic nitrogens is 1. The molecule has 0 aromatic carbocycles. The number of carbonyl (C=O) groups is 1. The van der Waals surface area contributed by atoms with Crippen LogP contribution in [0.2, 0.25) is 0 Å². The van der Waals surface area contributed by atoms with Crippen LogP contribution in [0.25, 0.3) is 0 Å². The van der Waals surface area contributed by atoms with E-state index in [1.807, 2.05) is 11.4 Å². The molecule has 0 spiro atoms. The Hall–Kier alpha value is -0.370. The van der Waals surface area contributed by atoms with Gasteiger partial charge in [0.15, 0.2) is 0 Å². The second-order valence-electron chi connectivity index (χ2n) is 2.99. The van der Waals surface area contributed by atoms with Gasteiger partial charge in [0.05, 0.1) is 4.47 Å². The SMILES string of the molecule is O=C(O)c1cc(Sc2ncc(Br)cc2Br)cs1. The average molecular weight is 395 g/mol. The van der Waals surface area contributed by atoms with Crippen LogP contribution in [0.5, 0.6) is 0 Å². The maximum absolute atomic E-state index is 10.7. The summed E-state index contributed by atoms with van der Waals surface area (Å²) in [7, 11) is 0. The second-order valence-corrected chi connectivity index (χ2v) is 6.74. The summed E-state index contributed by atoms with van der Waals surface area (Å²) in [6, 6.07) is 3.55. The number of rotatable bonds is 3. The standard InChI is InChI=1S/C10H5Br2NO2S2/c11-5-1-7(12)9(13-3-5)17-6-2-8(10(14)15)16-4-6/h1-4H,(H,14,15). The van der Waals surface area contributed by atoms with Crippen molar-refractivity contribution in [3.05, 3.63) is 37.5 Å². The maximum atomic E-state index is 10.7. The van der Waals surface area contributed by atoms with Crippen LogP contribution < -0.4 is 0 Å². The Labute approximate surface area is 123 Å². The number of carboxylic acids is 1. The van der Waals surface area contributed by atoms with Crippen LogP contribution >= 0.6 is 55.0 Å². The Kier molecular flexibility index (Phi) is 4.24. The Morgan fingerprint density at radius 2 is 2.18 bits per heavy atom. The summed E-state index contributed by atoms with van der Waals surface area (Å²) >= 11 is 9.38. The highest BCUT2D eigenvalue weighted by molar-refractivity contribution is 9.11. The molecule has 0 aliphatic heterocycles. The average Bonchev–Trinajstić information content (AvgIpc) is 2.71. The molecule has 0 atom stereocenters. The first kappa shape index (κ1) is 13.1. The van der Waals surface area contributed by atoms with E-state index in [9.17, 15) is 4.79 Å². The van der Waals surface area contributed by atoms with Crippen molar-refractivity contribution >= 4 is 60.9 Å². The minimum Gasteiger partial charge on any atom is -0.477 e. The molecule has 0 fully saturated rings. The van der Waals surface area contributed by atoms with Crippen LogP contribution in [0, 0.1) is 0 Å². The predicted molar refractivity (Wildman–Crippen MR) is 75.0 cm³/mol. The van der Waals surface area contributed by atoms with Gasteiger partial charge in [-0.1, -0.05) is 11.8 Å². The minimum absolute atomic E-state index is 0.334. The van der Waals surface area contributed by atoms with Crippen molar-refractivity contribution in [3.8, 4) is 0 Å². The lowest BCUT2D eigenvalue weighted by atomic mass is 10.5. The molecular weight excluding hydrogens is 390 g/mol. The molecule has 7 heteroatoms. The minimum atomic E-state index is -0.898. The highest BCUT2D eigenvalue weighted by Gasteiger charge is 2.10. The van der Waals surface area contributed by atoms with Crippen molar-refractivity contribution in [1.29, 1.82) is 0 Å². The first-order valence-corrected chi connectivity index (χ1v) is 7.65. The predicted octanol–water partition coefficient (Wildman–Crippen LogP) is 4.52. The lowest BCUT2D eigenvalue weighted by Gasteiger charge is -2.01. The Bertz CT molecular complexity index is 571. The van der Waals surface area contributed by atoms with E-state index in [0.29, 0.717) is 4.88 Å². The van der Waals surface area contributed by atoms with Gasteiger partial charge in [-0.2, -0.15) is 0 Å². The zero-order chi connectivity index (χ0) is 12.4. The molecule has 3 nitrogen and oxygen atoms in total. The number of pyridine rings is 1. The molecule has 0 unspecified atom stereocenters. The molecule has 0 saturated heterocycles. The molecule has 0 bridgehead atoms. The van der Waals surface area contributed by atoms with E-state index in [4.69, 9.17) is 5.11 Å². The van der Waals surface area contributed by atoms with Gasteiger partial charge >= 0.3 is 5.97 Å². The molecule has 2 heterocycles. The summed E-state index contributed by atoms with van der Waals surface area (Å²) in [5, 5.41) is 11.4. The number of nitrogens with zero attached hydrogens (tertiary/aromatic N) is 1. The molecule has 0 aliphatic rings. The molecule has 2 rings (SSSR count). The van der Waals surface area contributed by atoms with Crippen molar-refractivity contribution < 1.29 is 9.90 Å². The summed E-state index contributed by atoms with van der Waals surface area (Å²) in [6.07, 6.45) is 1.71. The zero-order valence-electron chi connectivity index (χ0n) is 8.18. The third kappa shape index (κ3) is 3.31. The van der Waals surface area contributed by atoms with Gasteiger partial charge in [0.25, 0.3) is 0 Å². The third-order valence-corrected chi connectivity index (χ3v) is 5.13. The fourth-order valence-electron chi connectivity index (χ4n) is 1.07. The van der Waals surface area contributed by atoms with Crippen molar-refractivity contribution in [3.63, 3.8) is 0 Å². The first-order valence-electron chi connectivity index (χ1n) is 4.37. The summed E-state index contributed by atoms with van der Waals surface area (Å²) in [5.41, 5.74) is 0. The lowest BCUT2D eigenvalue weighted by molar-refractivity contribution is 0.0702. The molecule has 2 aromatic heterocycles. The Morgan fingerprint density at radius 1 is 1.41 bits per heavy atom. The van der Waals surface area contributed by atoms with Gasteiger partial charge in [0, 0.05) is 20.9 Å². The smallest absolute Gasteiger partial charge is 0.345 e. The van der Waals surface area contributed by atoms with Gasteiger partial charge in [0.2, 0.25) is 0 Å². The van der Waals surface area contributed by atoms with Gasteiger partial charge < -0.3 is 5.11 Å². The first-order chi connectivity index (χ1) is 8.06. The monoisotopic (exact) mass is 393 g/mol. The second kappa shape index (κ2) is 5.51. The van der Waals surface area contributed by atoms with E-state index in [0.717, 1.165) is 18.9 Å². The molecule has 0 saturated carbocycles. The summed E-state index contributed by atoms with van der Waals surface area (Å²) in [6.45, 7) is 0. The van der Waals surface area contributed by atoms with Crippen molar-refractivity contribution in [2.24, 2.45) is 0 Å². The zero-order valence-corrected chi connectivity index (χ0v) is 13.0. The molecule has 0 radical (unpaired) electrons. The number of thiophene rings is 1. The Morgan fingerprint density at radius 3 is 2.76 bits per heavy atom. The van der Waals surface area contributed by atoms with E-state index in [1.165, 1.54) is 23.1 Å². The summed E-state index contributed by atoms with van der Waals surface area (Å²) in [4.78, 5) is 16.2. The third-order valence-electron chi connectivity index (χ3n) is 1.77. The molecule has 88 valence electrons. The molecule has 2 aromatic rings. The van der Waals surface area contributed by atoms with E-state index < -0.39 is 5.97 Å². The van der Waals surface area contributed by atoms with Crippen LogP contribution in [0.3, 0.4) is 0 Å². The van der Waals surface area contributed by atoms with Crippen LogP contribution in [0.15, 0.2) is 42.6 Å². The molecule has 0 aliphatic carbocycles. The van der Waals surface area contributed by atoms with Crippen molar-refractivity contribution in [2.75, 3.05) is 0 Å². The highest BCUT2D eigenvalue weighted by atomic mass is 79.9. The van der Waals surface area contributed by atoms with Crippen molar-refractivity contribution in [2.45, 2.75) is 9.92 Å². The normalized spacial score (nSPS) is 10.5. The molecular formula is C10H5Br2NO2S2. The van der Waals surface area contributed by atoms with Gasteiger partial charge in [-0.15, -0.1) is 11.3 Å². The fraction of sp³-hybridized carbons (Fsp3) is 0. The summed E-state index contributed by atoms with van der Waals surface area (Å²) < 4.78 is 1.77. The summed E-state index contributed by atoms with van der Waals surface area (Å²) in [5.74, 6) is -0.898. The van der Waals surface area contributed by atoms with E-state index in [1.54, 1.807) is 12.3 Å².